The highest BCUT2D eigenvalue weighted by atomic mass is 19.1. The summed E-state index contributed by atoms with van der Waals surface area (Å²) in [5, 5.41) is 2.96. The van der Waals surface area contributed by atoms with E-state index in [0.717, 1.165) is 11.1 Å². The van der Waals surface area contributed by atoms with Gasteiger partial charge in [0.25, 0.3) is 0 Å². The largest absolute Gasteiger partial charge is 0.355 e. The van der Waals surface area contributed by atoms with Crippen molar-refractivity contribution in [3.05, 3.63) is 65.7 Å². The van der Waals surface area contributed by atoms with Crippen LogP contribution in [0.2, 0.25) is 0 Å². The molecule has 6 heteroatoms. The molecule has 1 aliphatic heterocycles. The number of rotatable bonds is 7. The maximum absolute atomic E-state index is 13.3. The fourth-order valence-corrected chi connectivity index (χ4v) is 3.05. The normalized spacial score (nSPS) is 17.0. The van der Waals surface area contributed by atoms with Gasteiger partial charge in [-0.3, -0.25) is 9.78 Å². The van der Waals surface area contributed by atoms with Crippen LogP contribution in [0.4, 0.5) is 4.39 Å². The molecular weight excluding hydrogens is 335 g/mol. The van der Waals surface area contributed by atoms with Crippen LogP contribution in [0.15, 0.2) is 48.8 Å². The Kier molecular flexibility index (Phi) is 5.96. The fraction of sp³-hybridized carbons (Fsp3) is 0.400. The molecule has 1 aromatic heterocycles. The quantitative estimate of drug-likeness (QED) is 0.827. The van der Waals surface area contributed by atoms with Crippen molar-refractivity contribution in [3.8, 4) is 0 Å². The van der Waals surface area contributed by atoms with E-state index in [-0.39, 0.29) is 11.7 Å². The summed E-state index contributed by atoms with van der Waals surface area (Å²) in [6, 6.07) is 9.82. The van der Waals surface area contributed by atoms with E-state index in [0.29, 0.717) is 32.6 Å². The van der Waals surface area contributed by atoms with Crippen LogP contribution in [0.1, 0.15) is 30.4 Å². The van der Waals surface area contributed by atoms with Gasteiger partial charge in [0.05, 0.1) is 19.1 Å². The molecule has 1 aromatic carbocycles. The third-order valence-electron chi connectivity index (χ3n) is 4.53. The van der Waals surface area contributed by atoms with Crippen LogP contribution in [0, 0.1) is 5.82 Å². The van der Waals surface area contributed by atoms with E-state index in [9.17, 15) is 9.18 Å². The van der Waals surface area contributed by atoms with E-state index < -0.39 is 11.7 Å². The first-order chi connectivity index (χ1) is 12.6. The maximum atomic E-state index is 13.3. The lowest BCUT2D eigenvalue weighted by Crippen LogP contribution is -2.36. The van der Waals surface area contributed by atoms with Gasteiger partial charge in [-0.1, -0.05) is 18.2 Å². The molecule has 26 heavy (non-hydrogen) atoms. The van der Waals surface area contributed by atoms with Crippen molar-refractivity contribution in [3.63, 3.8) is 0 Å². The molecule has 1 saturated heterocycles. The lowest BCUT2D eigenvalue weighted by Gasteiger charge is -2.23. The number of hydrogen-bond acceptors (Lipinski definition) is 4. The van der Waals surface area contributed by atoms with E-state index in [1.54, 1.807) is 24.5 Å². The second kappa shape index (κ2) is 8.38. The maximum Gasteiger partial charge on any atom is 0.227 e. The predicted molar refractivity (Wildman–Crippen MR) is 95.0 cm³/mol. The van der Waals surface area contributed by atoms with Crippen molar-refractivity contribution in [1.82, 2.24) is 10.3 Å². The highest BCUT2D eigenvalue weighted by molar-refractivity contribution is 5.84. The number of halogens is 1. The summed E-state index contributed by atoms with van der Waals surface area (Å²) < 4.78 is 24.4. The van der Waals surface area contributed by atoms with E-state index in [1.807, 2.05) is 19.1 Å². The molecule has 0 radical (unpaired) electrons. The third kappa shape index (κ3) is 4.86. The molecule has 3 rings (SSSR count). The predicted octanol–water partition coefficient (Wildman–Crippen LogP) is 2.82. The number of ether oxygens (including phenoxy) is 2. The van der Waals surface area contributed by atoms with Gasteiger partial charge in [0.15, 0.2) is 5.79 Å². The Morgan fingerprint density at radius 2 is 2.00 bits per heavy atom. The van der Waals surface area contributed by atoms with E-state index in [4.69, 9.17) is 9.47 Å². The van der Waals surface area contributed by atoms with Crippen molar-refractivity contribution >= 4 is 5.91 Å². The first-order valence-electron chi connectivity index (χ1n) is 8.76. The van der Waals surface area contributed by atoms with E-state index in [2.05, 4.69) is 10.3 Å². The van der Waals surface area contributed by atoms with Gasteiger partial charge in [-0.05, 0) is 42.7 Å². The van der Waals surface area contributed by atoms with Crippen molar-refractivity contribution in [2.75, 3.05) is 19.8 Å². The zero-order valence-corrected chi connectivity index (χ0v) is 14.8. The van der Waals surface area contributed by atoms with E-state index >= 15 is 0 Å². The number of carbonyl (C=O) groups excluding carboxylic acids is 1. The van der Waals surface area contributed by atoms with Crippen LogP contribution < -0.4 is 5.32 Å². The van der Waals surface area contributed by atoms with Crippen LogP contribution in [0.25, 0.3) is 0 Å². The molecule has 1 fully saturated rings. The number of benzene rings is 1. The molecule has 1 atom stereocenters. The molecule has 138 valence electrons. The number of pyridine rings is 1. The number of aromatic nitrogens is 1. The second-order valence-corrected chi connectivity index (χ2v) is 6.54. The number of amides is 1. The minimum absolute atomic E-state index is 0.109. The summed E-state index contributed by atoms with van der Waals surface area (Å²) in [5.74, 6) is -1.49. The Morgan fingerprint density at radius 3 is 2.65 bits per heavy atom. The molecule has 2 heterocycles. The Morgan fingerprint density at radius 1 is 1.27 bits per heavy atom. The van der Waals surface area contributed by atoms with Crippen LogP contribution in [-0.2, 0) is 20.7 Å². The van der Waals surface area contributed by atoms with Crippen molar-refractivity contribution in [1.29, 1.82) is 0 Å². The van der Waals surface area contributed by atoms with Gasteiger partial charge < -0.3 is 14.8 Å². The van der Waals surface area contributed by atoms with Gasteiger partial charge in [0.1, 0.15) is 5.82 Å². The Labute approximate surface area is 152 Å². The molecule has 5 nitrogen and oxygen atoms in total. The van der Waals surface area contributed by atoms with Gasteiger partial charge >= 0.3 is 0 Å². The zero-order chi connectivity index (χ0) is 18.4. The summed E-state index contributed by atoms with van der Waals surface area (Å²) in [6.07, 6.45) is 4.50. The number of nitrogens with one attached hydrogen (secondary N) is 1. The summed E-state index contributed by atoms with van der Waals surface area (Å²) in [4.78, 5) is 16.9. The second-order valence-electron chi connectivity index (χ2n) is 6.54. The topological polar surface area (TPSA) is 60.5 Å². The SMILES string of the molecule is CC1(CCNC(=O)C(Cc2cccnc2)c2ccc(F)cc2)OCCO1. The van der Waals surface area contributed by atoms with Crippen LogP contribution in [-0.4, -0.2) is 36.4 Å². The summed E-state index contributed by atoms with van der Waals surface area (Å²) in [5.41, 5.74) is 1.72. The monoisotopic (exact) mass is 358 g/mol. The van der Waals surface area contributed by atoms with Gasteiger partial charge in [0, 0.05) is 25.4 Å². The van der Waals surface area contributed by atoms with Crippen LogP contribution in [0.5, 0.6) is 0 Å². The summed E-state index contributed by atoms with van der Waals surface area (Å²) in [7, 11) is 0. The molecule has 0 spiro atoms. The average molecular weight is 358 g/mol. The number of carbonyl (C=O) groups is 1. The van der Waals surface area contributed by atoms with Crippen molar-refractivity contribution in [2.45, 2.75) is 31.5 Å². The Bertz CT molecular complexity index is 716. The smallest absolute Gasteiger partial charge is 0.227 e. The minimum atomic E-state index is -0.637. The zero-order valence-electron chi connectivity index (χ0n) is 14.8. The van der Waals surface area contributed by atoms with Crippen molar-refractivity contribution in [2.24, 2.45) is 0 Å². The Hall–Kier alpha value is -2.31. The van der Waals surface area contributed by atoms with Gasteiger partial charge in [-0.2, -0.15) is 0 Å². The van der Waals surface area contributed by atoms with Crippen LogP contribution >= 0.6 is 0 Å². The first kappa shape index (κ1) is 18.5. The Balaban J connectivity index is 1.67. The third-order valence-corrected chi connectivity index (χ3v) is 4.53. The highest BCUT2D eigenvalue weighted by Crippen LogP contribution is 2.24. The molecule has 2 aromatic rings. The first-order valence-corrected chi connectivity index (χ1v) is 8.76. The van der Waals surface area contributed by atoms with E-state index in [1.165, 1.54) is 12.1 Å². The molecule has 0 aliphatic carbocycles. The molecule has 1 N–H and O–H groups in total. The molecule has 1 aliphatic rings. The molecule has 0 bridgehead atoms. The lowest BCUT2D eigenvalue weighted by atomic mass is 9.91. The molecule has 1 unspecified atom stereocenters. The number of hydrogen-bond donors (Lipinski definition) is 1. The van der Waals surface area contributed by atoms with Crippen molar-refractivity contribution < 1.29 is 18.7 Å². The summed E-state index contributed by atoms with van der Waals surface area (Å²) in [6.45, 7) is 3.46. The summed E-state index contributed by atoms with van der Waals surface area (Å²) >= 11 is 0. The standard InChI is InChI=1S/C20H23FN2O3/c1-20(25-11-12-26-20)8-10-23-19(24)18(13-15-3-2-9-22-14-15)16-4-6-17(21)7-5-16/h2-7,9,14,18H,8,10-13H2,1H3,(H,23,24). The van der Waals surface area contributed by atoms with Crippen LogP contribution in [0.3, 0.4) is 0 Å². The highest BCUT2D eigenvalue weighted by Gasteiger charge is 2.31. The number of nitrogens with zero attached hydrogens (tertiary/aromatic N) is 1. The molecule has 0 saturated carbocycles. The molecular formula is C20H23FN2O3. The molecule has 1 amide bonds. The average Bonchev–Trinajstić information content (AvgIpc) is 3.08. The lowest BCUT2D eigenvalue weighted by molar-refractivity contribution is -0.146. The van der Waals surface area contributed by atoms with Gasteiger partial charge in [-0.25, -0.2) is 4.39 Å². The van der Waals surface area contributed by atoms with Gasteiger partial charge in [0.2, 0.25) is 5.91 Å². The van der Waals surface area contributed by atoms with Gasteiger partial charge in [-0.15, -0.1) is 0 Å². The fourth-order valence-electron chi connectivity index (χ4n) is 3.05. The minimum Gasteiger partial charge on any atom is -0.355 e.